The molecule has 2 heterocycles. The molecule has 1 aliphatic heterocycles. The summed E-state index contributed by atoms with van der Waals surface area (Å²) in [6.07, 6.45) is 4.33. The molecule has 3 nitrogen and oxygen atoms in total. The second-order valence-corrected chi connectivity index (χ2v) is 4.54. The Balaban J connectivity index is 1.64. The van der Waals surface area contributed by atoms with E-state index in [4.69, 9.17) is 4.74 Å². The summed E-state index contributed by atoms with van der Waals surface area (Å²) < 4.78 is 5.73. The molecule has 0 spiro atoms. The Morgan fingerprint density at radius 2 is 2.40 bits per heavy atom. The van der Waals surface area contributed by atoms with Crippen LogP contribution in [0.4, 0.5) is 0 Å². The molecule has 0 bridgehead atoms. The van der Waals surface area contributed by atoms with Crippen LogP contribution >= 0.6 is 11.8 Å². The van der Waals surface area contributed by atoms with Crippen LogP contribution in [0.2, 0.25) is 0 Å². The Bertz CT molecular complexity index is 288. The van der Waals surface area contributed by atoms with Crippen LogP contribution in [-0.4, -0.2) is 41.2 Å². The summed E-state index contributed by atoms with van der Waals surface area (Å²) in [5.41, 5.74) is 1.01. The van der Waals surface area contributed by atoms with Crippen LogP contribution in [-0.2, 0) is 11.3 Å². The molecule has 1 fully saturated rings. The van der Waals surface area contributed by atoms with Gasteiger partial charge >= 0.3 is 0 Å². The van der Waals surface area contributed by atoms with Gasteiger partial charge in [-0.2, -0.15) is 0 Å². The zero-order valence-electron chi connectivity index (χ0n) is 8.93. The predicted molar refractivity (Wildman–Crippen MR) is 62.8 cm³/mol. The third kappa shape index (κ3) is 3.19. The van der Waals surface area contributed by atoms with Gasteiger partial charge in [0, 0.05) is 25.2 Å². The lowest BCUT2D eigenvalue weighted by Crippen LogP contribution is -2.51. The molecular formula is C11H16N2OS. The lowest BCUT2D eigenvalue weighted by molar-refractivity contribution is -0.0554. The minimum atomic E-state index is 0.402. The molecule has 0 aromatic carbocycles. The summed E-state index contributed by atoms with van der Waals surface area (Å²) in [5.74, 6) is 1.11. The summed E-state index contributed by atoms with van der Waals surface area (Å²) in [5, 5.41) is 0. The first-order chi connectivity index (χ1) is 7.38. The molecule has 1 saturated heterocycles. The van der Waals surface area contributed by atoms with Crippen LogP contribution in [0.25, 0.3) is 0 Å². The first kappa shape index (κ1) is 10.9. The molecule has 0 aliphatic carbocycles. The largest absolute Gasteiger partial charge is 0.369 e. The van der Waals surface area contributed by atoms with Gasteiger partial charge in [0.1, 0.15) is 0 Å². The van der Waals surface area contributed by atoms with Crippen LogP contribution in [0.5, 0.6) is 0 Å². The van der Waals surface area contributed by atoms with E-state index in [1.807, 2.05) is 30.0 Å². The van der Waals surface area contributed by atoms with E-state index in [1.54, 1.807) is 6.20 Å². The number of ether oxygens (including phenoxy) is 1. The van der Waals surface area contributed by atoms with Crippen LogP contribution in [0.3, 0.4) is 0 Å². The highest BCUT2D eigenvalue weighted by Gasteiger charge is 2.26. The number of likely N-dealkylation sites (tertiary alicyclic amines) is 1. The van der Waals surface area contributed by atoms with Gasteiger partial charge in [0.25, 0.3) is 0 Å². The summed E-state index contributed by atoms with van der Waals surface area (Å²) in [6.45, 7) is 2.76. The van der Waals surface area contributed by atoms with Gasteiger partial charge in [-0.25, -0.2) is 0 Å². The van der Waals surface area contributed by atoms with E-state index in [0.29, 0.717) is 12.7 Å². The lowest BCUT2D eigenvalue weighted by atomic mass is 10.2. The molecular weight excluding hydrogens is 208 g/mol. The summed E-state index contributed by atoms with van der Waals surface area (Å²) in [7, 11) is 0. The highest BCUT2D eigenvalue weighted by Crippen LogP contribution is 2.15. The van der Waals surface area contributed by atoms with Crippen molar-refractivity contribution in [1.29, 1.82) is 0 Å². The van der Waals surface area contributed by atoms with Crippen molar-refractivity contribution in [3.8, 4) is 0 Å². The van der Waals surface area contributed by atoms with Gasteiger partial charge in [-0.05, 0) is 18.4 Å². The lowest BCUT2D eigenvalue weighted by Gasteiger charge is -2.38. The van der Waals surface area contributed by atoms with Gasteiger partial charge in [0.2, 0.25) is 0 Å². The molecule has 0 saturated carbocycles. The summed E-state index contributed by atoms with van der Waals surface area (Å²) >= 11 is 1.86. The third-order valence-corrected chi connectivity index (χ3v) is 3.05. The van der Waals surface area contributed by atoms with E-state index in [-0.39, 0.29) is 0 Å². The van der Waals surface area contributed by atoms with E-state index in [2.05, 4.69) is 16.1 Å². The second kappa shape index (κ2) is 5.49. The summed E-state index contributed by atoms with van der Waals surface area (Å²) in [6, 6.07) is 5.91. The highest BCUT2D eigenvalue weighted by molar-refractivity contribution is 7.98. The van der Waals surface area contributed by atoms with Gasteiger partial charge in [0.15, 0.2) is 0 Å². The number of aromatic nitrogens is 1. The van der Waals surface area contributed by atoms with E-state index in [9.17, 15) is 0 Å². The molecule has 1 aromatic heterocycles. The molecule has 0 atom stereocenters. The third-order valence-electron chi connectivity index (χ3n) is 2.43. The molecule has 15 heavy (non-hydrogen) atoms. The topological polar surface area (TPSA) is 25.4 Å². The smallest absolute Gasteiger partial charge is 0.0892 e. The fourth-order valence-corrected chi connectivity index (χ4v) is 2.18. The normalized spacial score (nSPS) is 17.7. The van der Waals surface area contributed by atoms with E-state index in [0.717, 1.165) is 24.7 Å². The van der Waals surface area contributed by atoms with Gasteiger partial charge < -0.3 is 4.74 Å². The van der Waals surface area contributed by atoms with Crippen LogP contribution in [0.1, 0.15) is 5.69 Å². The standard InChI is InChI=1S/C11H16N2OS/c1-15-9-13-6-11(7-13)14-8-10-4-2-3-5-12-10/h2-5,11H,6-9H2,1H3. The Labute approximate surface area is 94.8 Å². The molecule has 0 N–H and O–H groups in total. The Morgan fingerprint density at radius 1 is 1.53 bits per heavy atom. The molecule has 0 unspecified atom stereocenters. The van der Waals surface area contributed by atoms with Crippen molar-refractivity contribution >= 4 is 11.8 Å². The van der Waals surface area contributed by atoms with Crippen molar-refractivity contribution in [3.63, 3.8) is 0 Å². The maximum absolute atomic E-state index is 5.73. The van der Waals surface area contributed by atoms with Crippen molar-refractivity contribution in [3.05, 3.63) is 30.1 Å². The number of hydrogen-bond donors (Lipinski definition) is 0. The van der Waals surface area contributed by atoms with Crippen molar-refractivity contribution < 1.29 is 4.74 Å². The minimum absolute atomic E-state index is 0.402. The first-order valence-electron chi connectivity index (χ1n) is 5.11. The van der Waals surface area contributed by atoms with E-state index < -0.39 is 0 Å². The summed E-state index contributed by atoms with van der Waals surface area (Å²) in [4.78, 5) is 6.60. The molecule has 2 rings (SSSR count). The molecule has 0 radical (unpaired) electrons. The average molecular weight is 224 g/mol. The molecule has 82 valence electrons. The SMILES string of the molecule is CSCN1CC(OCc2ccccn2)C1. The van der Waals surface area contributed by atoms with Crippen molar-refractivity contribution in [2.75, 3.05) is 25.2 Å². The quantitative estimate of drug-likeness (QED) is 0.758. The van der Waals surface area contributed by atoms with Gasteiger partial charge in [-0.15, -0.1) is 11.8 Å². The van der Waals surface area contributed by atoms with Crippen LogP contribution in [0.15, 0.2) is 24.4 Å². The van der Waals surface area contributed by atoms with Gasteiger partial charge in [0.05, 0.1) is 18.4 Å². The first-order valence-corrected chi connectivity index (χ1v) is 6.50. The van der Waals surface area contributed by atoms with Crippen LogP contribution in [0, 0.1) is 0 Å². The van der Waals surface area contributed by atoms with Crippen LogP contribution < -0.4 is 0 Å². The fraction of sp³-hybridized carbons (Fsp3) is 0.545. The van der Waals surface area contributed by atoms with Crippen molar-refractivity contribution in [1.82, 2.24) is 9.88 Å². The number of thioether (sulfide) groups is 1. The Kier molecular flexibility index (Phi) is 4.00. The number of nitrogens with zero attached hydrogens (tertiary/aromatic N) is 2. The average Bonchev–Trinajstić information content (AvgIpc) is 2.23. The van der Waals surface area contributed by atoms with Gasteiger partial charge in [-0.3, -0.25) is 9.88 Å². The minimum Gasteiger partial charge on any atom is -0.369 e. The molecule has 4 heteroatoms. The van der Waals surface area contributed by atoms with Crippen molar-refractivity contribution in [2.45, 2.75) is 12.7 Å². The van der Waals surface area contributed by atoms with Crippen molar-refractivity contribution in [2.24, 2.45) is 0 Å². The van der Waals surface area contributed by atoms with E-state index >= 15 is 0 Å². The number of rotatable bonds is 5. The van der Waals surface area contributed by atoms with Gasteiger partial charge in [-0.1, -0.05) is 6.07 Å². The molecule has 1 aliphatic rings. The zero-order valence-corrected chi connectivity index (χ0v) is 9.74. The maximum Gasteiger partial charge on any atom is 0.0892 e. The number of pyridine rings is 1. The predicted octanol–water partition coefficient (Wildman–Crippen LogP) is 1.60. The molecule has 1 aromatic rings. The Hall–Kier alpha value is -0.580. The zero-order chi connectivity index (χ0) is 10.5. The second-order valence-electron chi connectivity index (χ2n) is 3.71. The molecule has 0 amide bonds. The monoisotopic (exact) mass is 224 g/mol. The fourth-order valence-electron chi connectivity index (χ4n) is 1.60. The van der Waals surface area contributed by atoms with E-state index in [1.165, 1.54) is 0 Å². The highest BCUT2D eigenvalue weighted by atomic mass is 32.2. The Morgan fingerprint density at radius 3 is 3.07 bits per heavy atom. The number of hydrogen-bond acceptors (Lipinski definition) is 4. The maximum atomic E-state index is 5.73.